The van der Waals surface area contributed by atoms with Gasteiger partial charge in [-0.2, -0.15) is 0 Å². The molecule has 1 amide bonds. The van der Waals surface area contributed by atoms with Gasteiger partial charge < -0.3 is 19.3 Å². The van der Waals surface area contributed by atoms with Crippen LogP contribution >= 0.6 is 11.8 Å². The second-order valence-corrected chi connectivity index (χ2v) is 11.2. The molecule has 2 heterocycles. The number of esters is 1. The fraction of sp³-hybridized carbons (Fsp3) is 0.652. The van der Waals surface area contributed by atoms with Crippen molar-refractivity contribution in [3.8, 4) is 0 Å². The highest BCUT2D eigenvalue weighted by Crippen LogP contribution is 2.54. The molecule has 0 unspecified atom stereocenters. The van der Waals surface area contributed by atoms with Crippen molar-refractivity contribution in [1.29, 1.82) is 0 Å². The Balaban J connectivity index is 1.41. The van der Waals surface area contributed by atoms with Crippen LogP contribution in [-0.2, 0) is 9.47 Å². The summed E-state index contributed by atoms with van der Waals surface area (Å²) < 4.78 is 10.5. The molecule has 2 aliphatic heterocycles. The first-order valence-corrected chi connectivity index (χ1v) is 11.7. The Morgan fingerprint density at radius 1 is 1.10 bits per heavy atom. The third-order valence-corrected chi connectivity index (χ3v) is 7.46. The molecule has 164 valence electrons. The smallest absolute Gasteiger partial charge is 0.410 e. The van der Waals surface area contributed by atoms with Gasteiger partial charge in [-0.15, -0.1) is 11.8 Å². The number of piperidine rings is 1. The Kier molecular flexibility index (Phi) is 5.68. The zero-order valence-corrected chi connectivity index (χ0v) is 19.2. The third kappa shape index (κ3) is 4.71. The molecule has 1 saturated carbocycles. The number of ether oxygens (including phenoxy) is 2. The van der Waals surface area contributed by atoms with E-state index in [0.29, 0.717) is 29.3 Å². The summed E-state index contributed by atoms with van der Waals surface area (Å²) in [4.78, 5) is 29.7. The number of carbonyl (C=O) groups excluding carboxylic acids is 2. The Morgan fingerprint density at radius 2 is 1.77 bits per heavy atom. The van der Waals surface area contributed by atoms with Gasteiger partial charge in [-0.05, 0) is 70.1 Å². The van der Waals surface area contributed by atoms with Crippen molar-refractivity contribution in [3.63, 3.8) is 0 Å². The predicted octanol–water partition coefficient (Wildman–Crippen LogP) is 4.57. The van der Waals surface area contributed by atoms with Crippen LogP contribution in [0.4, 0.5) is 10.5 Å². The lowest BCUT2D eigenvalue weighted by atomic mass is 9.93. The Morgan fingerprint density at radius 3 is 2.33 bits per heavy atom. The molecule has 1 aliphatic carbocycles. The maximum absolute atomic E-state index is 12.3. The average Bonchev–Trinajstić information content (AvgIpc) is 3.41. The minimum absolute atomic E-state index is 0.247. The summed E-state index contributed by atoms with van der Waals surface area (Å²) in [7, 11) is 1.43. The van der Waals surface area contributed by atoms with Gasteiger partial charge in [0.05, 0.1) is 18.4 Å². The quantitative estimate of drug-likeness (QED) is 0.650. The van der Waals surface area contributed by atoms with Crippen molar-refractivity contribution in [3.05, 3.63) is 23.8 Å². The van der Waals surface area contributed by atoms with E-state index in [1.807, 2.05) is 32.9 Å². The summed E-state index contributed by atoms with van der Waals surface area (Å²) in [5.74, 6) is -0.284. The van der Waals surface area contributed by atoms with E-state index in [9.17, 15) is 9.59 Å². The number of nitrogens with zero attached hydrogens (tertiary/aromatic N) is 2. The number of thioether (sulfide) groups is 1. The van der Waals surface area contributed by atoms with E-state index < -0.39 is 5.60 Å². The summed E-state index contributed by atoms with van der Waals surface area (Å²) in [6.45, 7) is 8.99. The van der Waals surface area contributed by atoms with Crippen molar-refractivity contribution in [2.75, 3.05) is 38.2 Å². The maximum Gasteiger partial charge on any atom is 0.410 e. The van der Waals surface area contributed by atoms with Crippen LogP contribution in [-0.4, -0.2) is 61.1 Å². The van der Waals surface area contributed by atoms with Gasteiger partial charge in [0.1, 0.15) is 5.60 Å². The van der Waals surface area contributed by atoms with Gasteiger partial charge in [-0.25, -0.2) is 9.59 Å². The third-order valence-electron chi connectivity index (χ3n) is 6.30. The van der Waals surface area contributed by atoms with Crippen LogP contribution in [0.3, 0.4) is 0 Å². The van der Waals surface area contributed by atoms with E-state index in [4.69, 9.17) is 9.47 Å². The molecule has 6 nitrogen and oxygen atoms in total. The van der Waals surface area contributed by atoms with E-state index >= 15 is 0 Å². The SMILES string of the molecule is COC(=O)c1ccc(SC2CN(C(=O)OC(C)(C)C)C2)cc1N1CCC2(CC1)CC2. The van der Waals surface area contributed by atoms with Crippen molar-refractivity contribution in [2.24, 2.45) is 5.41 Å². The van der Waals surface area contributed by atoms with Crippen LogP contribution in [0.1, 0.15) is 56.8 Å². The lowest BCUT2D eigenvalue weighted by Crippen LogP contribution is -2.53. The largest absolute Gasteiger partial charge is 0.465 e. The molecule has 0 radical (unpaired) electrons. The summed E-state index contributed by atoms with van der Waals surface area (Å²) in [5.41, 5.74) is 1.73. The number of carbonyl (C=O) groups is 2. The second-order valence-electron chi connectivity index (χ2n) is 9.78. The zero-order chi connectivity index (χ0) is 21.5. The molecule has 4 rings (SSSR count). The predicted molar refractivity (Wildman–Crippen MR) is 118 cm³/mol. The monoisotopic (exact) mass is 432 g/mol. The molecule has 30 heavy (non-hydrogen) atoms. The molecule has 0 bridgehead atoms. The standard InChI is InChI=1S/C23H32N2O4S/c1-22(2,3)29-21(27)25-14-17(15-25)30-16-5-6-18(20(26)28-4)19(13-16)24-11-9-23(7-8-23)10-12-24/h5-6,13,17H,7-12,14-15H2,1-4H3. The molecule has 1 aromatic carbocycles. The number of methoxy groups -OCH3 is 1. The van der Waals surface area contributed by atoms with Crippen molar-refractivity contribution >= 4 is 29.5 Å². The van der Waals surface area contributed by atoms with Gasteiger partial charge in [0.25, 0.3) is 0 Å². The molecular weight excluding hydrogens is 400 g/mol. The first-order valence-electron chi connectivity index (χ1n) is 10.8. The number of hydrogen-bond acceptors (Lipinski definition) is 6. The lowest BCUT2D eigenvalue weighted by Gasteiger charge is -2.39. The molecule has 7 heteroatoms. The van der Waals surface area contributed by atoms with E-state index in [1.54, 1.807) is 16.7 Å². The Labute approximate surface area is 183 Å². The van der Waals surface area contributed by atoms with E-state index in [0.717, 1.165) is 23.7 Å². The summed E-state index contributed by atoms with van der Waals surface area (Å²) in [6.07, 6.45) is 4.88. The normalized spacial score (nSPS) is 20.7. The van der Waals surface area contributed by atoms with Gasteiger partial charge in [0, 0.05) is 36.3 Å². The molecule has 0 N–H and O–H groups in total. The van der Waals surface area contributed by atoms with Crippen LogP contribution in [0.15, 0.2) is 23.1 Å². The fourth-order valence-corrected chi connectivity index (χ4v) is 5.43. The molecule has 1 spiro atoms. The topological polar surface area (TPSA) is 59.1 Å². The highest BCUT2D eigenvalue weighted by molar-refractivity contribution is 8.00. The molecule has 3 fully saturated rings. The summed E-state index contributed by atoms with van der Waals surface area (Å²) in [6, 6.07) is 6.00. The zero-order valence-electron chi connectivity index (χ0n) is 18.4. The fourth-order valence-electron chi connectivity index (χ4n) is 4.21. The van der Waals surface area contributed by atoms with Crippen molar-refractivity contribution in [1.82, 2.24) is 4.90 Å². The summed E-state index contributed by atoms with van der Waals surface area (Å²) >= 11 is 1.76. The van der Waals surface area contributed by atoms with E-state index in [-0.39, 0.29) is 12.1 Å². The second kappa shape index (κ2) is 7.98. The minimum atomic E-state index is -0.471. The van der Waals surface area contributed by atoms with Crippen LogP contribution in [0.25, 0.3) is 0 Å². The number of benzene rings is 1. The average molecular weight is 433 g/mol. The highest BCUT2D eigenvalue weighted by atomic mass is 32.2. The number of amides is 1. The molecule has 0 aromatic heterocycles. The summed E-state index contributed by atoms with van der Waals surface area (Å²) in [5, 5.41) is 0.338. The molecular formula is C23H32N2O4S. The van der Waals surface area contributed by atoms with E-state index in [2.05, 4.69) is 11.0 Å². The number of hydrogen-bond donors (Lipinski definition) is 0. The van der Waals surface area contributed by atoms with Crippen LogP contribution in [0.2, 0.25) is 0 Å². The Hall–Kier alpha value is -1.89. The molecule has 3 aliphatic rings. The Bertz CT molecular complexity index is 815. The van der Waals surface area contributed by atoms with Crippen molar-refractivity contribution < 1.29 is 19.1 Å². The van der Waals surface area contributed by atoms with Crippen LogP contribution in [0.5, 0.6) is 0 Å². The van der Waals surface area contributed by atoms with Crippen LogP contribution < -0.4 is 4.90 Å². The van der Waals surface area contributed by atoms with Gasteiger partial charge >= 0.3 is 12.1 Å². The number of likely N-dealkylation sites (tertiary alicyclic amines) is 1. The maximum atomic E-state index is 12.3. The molecule has 0 atom stereocenters. The lowest BCUT2D eigenvalue weighted by molar-refractivity contribution is 0.0143. The first kappa shape index (κ1) is 21.3. The number of rotatable bonds is 4. The van der Waals surface area contributed by atoms with Gasteiger partial charge in [-0.3, -0.25) is 0 Å². The van der Waals surface area contributed by atoms with E-state index in [1.165, 1.54) is 32.8 Å². The van der Waals surface area contributed by atoms with Crippen LogP contribution in [0, 0.1) is 5.41 Å². The van der Waals surface area contributed by atoms with Crippen molar-refractivity contribution in [2.45, 2.75) is 62.2 Å². The van der Waals surface area contributed by atoms with Gasteiger partial charge in [0.2, 0.25) is 0 Å². The van der Waals surface area contributed by atoms with Gasteiger partial charge in [0.15, 0.2) is 0 Å². The minimum Gasteiger partial charge on any atom is -0.465 e. The first-order chi connectivity index (χ1) is 14.2. The van der Waals surface area contributed by atoms with Gasteiger partial charge in [-0.1, -0.05) is 0 Å². The molecule has 2 saturated heterocycles. The highest BCUT2D eigenvalue weighted by Gasteiger charge is 2.44. The number of anilines is 1. The molecule has 1 aromatic rings.